The lowest BCUT2D eigenvalue weighted by Gasteiger charge is -2.46. The second kappa shape index (κ2) is 19.9. The van der Waals surface area contributed by atoms with Crippen LogP contribution in [0.1, 0.15) is 55.6 Å². The summed E-state index contributed by atoms with van der Waals surface area (Å²) in [7, 11) is 0. The minimum atomic E-state index is -0.716. The second-order valence-electron chi connectivity index (χ2n) is 20.5. The fraction of sp³-hybridized carbons (Fsp3) is 0.0959. The van der Waals surface area contributed by atoms with Crippen molar-refractivity contribution in [1.29, 1.82) is 0 Å². The Morgan fingerprint density at radius 1 is 0.276 bits per heavy atom. The van der Waals surface area contributed by atoms with Gasteiger partial charge in [-0.2, -0.15) is 0 Å². The molecule has 0 bridgehead atoms. The molecule has 0 aromatic heterocycles. The van der Waals surface area contributed by atoms with E-state index in [-0.39, 0.29) is 0 Å². The van der Waals surface area contributed by atoms with Gasteiger partial charge in [0, 0.05) is 39.8 Å². The van der Waals surface area contributed by atoms with Gasteiger partial charge in [-0.15, -0.1) is 0 Å². The molecule has 3 nitrogen and oxygen atoms in total. The summed E-state index contributed by atoms with van der Waals surface area (Å²) >= 11 is 0. The minimum Gasteiger partial charge on any atom is -0.310 e. The highest BCUT2D eigenvalue weighted by atomic mass is 15.2. The van der Waals surface area contributed by atoms with E-state index in [0.717, 1.165) is 39.8 Å². The molecule has 3 heteroatoms. The Bertz CT molecular complexity index is 3610. The predicted octanol–water partition coefficient (Wildman–Crippen LogP) is 20.0. The van der Waals surface area contributed by atoms with Crippen molar-refractivity contribution >= 4 is 51.2 Å². The summed E-state index contributed by atoms with van der Waals surface area (Å²) in [6, 6.07) is 96.4. The Kier molecular flexibility index (Phi) is 12.5. The Labute approximate surface area is 449 Å². The zero-order chi connectivity index (χ0) is 51.9. The number of anilines is 9. The number of fused-ring (bicyclic) bond motifs is 2. The van der Waals surface area contributed by atoms with Crippen LogP contribution in [0.25, 0.3) is 22.3 Å². The molecule has 0 N–H and O–H groups in total. The summed E-state index contributed by atoms with van der Waals surface area (Å²) < 4.78 is 0. The van der Waals surface area contributed by atoms with Gasteiger partial charge in [-0.05, 0) is 204 Å². The number of hydrogen-bond donors (Lipinski definition) is 0. The van der Waals surface area contributed by atoms with Gasteiger partial charge in [0.15, 0.2) is 0 Å². The van der Waals surface area contributed by atoms with Gasteiger partial charge in [0.1, 0.15) is 0 Å². The van der Waals surface area contributed by atoms with Gasteiger partial charge >= 0.3 is 0 Å². The minimum absolute atomic E-state index is 0.716. The van der Waals surface area contributed by atoms with Gasteiger partial charge < -0.3 is 14.7 Å². The Morgan fingerprint density at radius 3 is 0.961 bits per heavy atom. The molecular formula is C73H61N3. The molecule has 0 aliphatic carbocycles. The number of nitrogens with zero attached hydrogens (tertiary/aromatic N) is 3. The average Bonchev–Trinajstić information content (AvgIpc) is 3.52. The van der Waals surface area contributed by atoms with Crippen molar-refractivity contribution in [2.75, 3.05) is 14.7 Å². The molecule has 0 fully saturated rings. The van der Waals surface area contributed by atoms with E-state index in [1.807, 2.05) is 0 Å². The summed E-state index contributed by atoms with van der Waals surface area (Å²) in [5.74, 6) is 0. The van der Waals surface area contributed by atoms with Gasteiger partial charge in [-0.25, -0.2) is 0 Å². The molecule has 0 saturated carbocycles. The smallest absolute Gasteiger partial charge is 0.0742 e. The lowest BCUT2D eigenvalue weighted by Crippen LogP contribution is -2.37. The SMILES string of the molecule is Cc1cc(C)c(N(c2ccc(-c3ccccc3)cc2)c2ccc(C3(c4ccc(N(c5ccc(-c6ccccc6)cc5)c5cc(C)c(C)cc5C)cc4)c4ccccc4N(c4ccccc4)c4ccccc43)cc2)cc1C. The van der Waals surface area contributed by atoms with Crippen molar-refractivity contribution < 1.29 is 0 Å². The van der Waals surface area contributed by atoms with Gasteiger partial charge in [-0.3, -0.25) is 0 Å². The first-order valence-corrected chi connectivity index (χ1v) is 26.5. The van der Waals surface area contributed by atoms with Crippen LogP contribution in [0.15, 0.2) is 261 Å². The fourth-order valence-corrected chi connectivity index (χ4v) is 11.7. The third kappa shape index (κ3) is 8.44. The maximum absolute atomic E-state index is 2.44. The summed E-state index contributed by atoms with van der Waals surface area (Å²) in [6.45, 7) is 13.3. The maximum Gasteiger partial charge on any atom is 0.0742 e. The van der Waals surface area contributed by atoms with E-state index in [9.17, 15) is 0 Å². The summed E-state index contributed by atoms with van der Waals surface area (Å²) in [5, 5.41) is 0. The van der Waals surface area contributed by atoms with Crippen molar-refractivity contribution in [1.82, 2.24) is 0 Å². The van der Waals surface area contributed by atoms with Crippen LogP contribution in [0, 0.1) is 41.5 Å². The van der Waals surface area contributed by atoms with E-state index in [1.165, 1.54) is 89.3 Å². The van der Waals surface area contributed by atoms with Gasteiger partial charge in [0.2, 0.25) is 0 Å². The third-order valence-electron chi connectivity index (χ3n) is 15.8. The molecule has 0 radical (unpaired) electrons. The Morgan fingerprint density at radius 2 is 0.579 bits per heavy atom. The summed E-state index contributed by atoms with van der Waals surface area (Å²) in [5.41, 5.74) is 26.6. The van der Waals surface area contributed by atoms with E-state index in [4.69, 9.17) is 0 Å². The summed E-state index contributed by atoms with van der Waals surface area (Å²) in [4.78, 5) is 7.30. The van der Waals surface area contributed by atoms with Crippen LogP contribution in [0.2, 0.25) is 0 Å². The molecule has 0 spiro atoms. The monoisotopic (exact) mass is 979 g/mol. The van der Waals surface area contributed by atoms with E-state index >= 15 is 0 Å². The predicted molar refractivity (Wildman–Crippen MR) is 322 cm³/mol. The molecule has 1 aliphatic heterocycles. The van der Waals surface area contributed by atoms with E-state index in [2.05, 4.69) is 317 Å². The number of benzene rings is 11. The molecule has 11 aromatic carbocycles. The van der Waals surface area contributed by atoms with E-state index in [0.29, 0.717) is 0 Å². The zero-order valence-electron chi connectivity index (χ0n) is 44.2. The quantitative estimate of drug-likeness (QED) is 0.128. The highest BCUT2D eigenvalue weighted by Gasteiger charge is 2.46. The molecule has 368 valence electrons. The van der Waals surface area contributed by atoms with Crippen LogP contribution < -0.4 is 14.7 Å². The highest BCUT2D eigenvalue weighted by molar-refractivity contribution is 5.90. The first-order chi connectivity index (χ1) is 37.2. The highest BCUT2D eigenvalue weighted by Crippen LogP contribution is 2.58. The topological polar surface area (TPSA) is 9.72 Å². The number of para-hydroxylation sites is 3. The van der Waals surface area contributed by atoms with Crippen molar-refractivity contribution in [3.63, 3.8) is 0 Å². The van der Waals surface area contributed by atoms with E-state index < -0.39 is 5.41 Å². The largest absolute Gasteiger partial charge is 0.310 e. The van der Waals surface area contributed by atoms with Crippen molar-refractivity contribution in [3.8, 4) is 22.3 Å². The normalized spacial score (nSPS) is 12.4. The molecule has 0 saturated heterocycles. The van der Waals surface area contributed by atoms with E-state index in [1.54, 1.807) is 0 Å². The van der Waals surface area contributed by atoms with Gasteiger partial charge in [0.05, 0.1) is 16.8 Å². The van der Waals surface area contributed by atoms with Crippen LogP contribution in [0.3, 0.4) is 0 Å². The first-order valence-electron chi connectivity index (χ1n) is 26.5. The Balaban J connectivity index is 1.05. The number of aryl methyl sites for hydroxylation is 6. The molecule has 76 heavy (non-hydrogen) atoms. The Hall–Kier alpha value is -9.18. The molecule has 12 rings (SSSR count). The first kappa shape index (κ1) is 47.8. The van der Waals surface area contributed by atoms with Crippen LogP contribution in [0.4, 0.5) is 51.2 Å². The molecule has 1 aliphatic rings. The lowest BCUT2D eigenvalue weighted by atomic mass is 9.62. The van der Waals surface area contributed by atoms with Crippen LogP contribution in [0.5, 0.6) is 0 Å². The molecule has 0 unspecified atom stereocenters. The lowest BCUT2D eigenvalue weighted by molar-refractivity contribution is 0.731. The van der Waals surface area contributed by atoms with Crippen molar-refractivity contribution in [2.24, 2.45) is 0 Å². The van der Waals surface area contributed by atoms with Crippen molar-refractivity contribution in [2.45, 2.75) is 47.0 Å². The third-order valence-corrected chi connectivity index (χ3v) is 15.8. The van der Waals surface area contributed by atoms with Gasteiger partial charge in [-0.1, -0.05) is 176 Å². The second-order valence-corrected chi connectivity index (χ2v) is 20.5. The molecule has 0 atom stereocenters. The number of rotatable bonds is 11. The average molecular weight is 980 g/mol. The molecular weight excluding hydrogens is 919 g/mol. The molecule has 11 aromatic rings. The standard InChI is InChI=1S/C73H61N3/c1-50-46-54(5)71(48-52(50)3)74(63-38-30-58(31-39-63)56-20-10-7-11-21-56)65-42-34-60(35-43-65)73(67-26-16-18-28-69(67)76(62-24-14-9-15-25-62)70-29-19-17-27-68(70)73)61-36-44-66(45-37-61)75(72-49-53(4)51(2)47-55(72)6)64-40-32-59(33-41-64)57-22-12-8-13-23-57/h7-49H,1-6H3. The van der Waals surface area contributed by atoms with Crippen molar-refractivity contribution in [3.05, 3.63) is 316 Å². The van der Waals surface area contributed by atoms with Crippen LogP contribution in [-0.2, 0) is 5.41 Å². The molecule has 1 heterocycles. The van der Waals surface area contributed by atoms with Crippen LogP contribution in [-0.4, -0.2) is 0 Å². The van der Waals surface area contributed by atoms with Gasteiger partial charge in [0.25, 0.3) is 0 Å². The summed E-state index contributed by atoms with van der Waals surface area (Å²) in [6.07, 6.45) is 0. The van der Waals surface area contributed by atoms with Crippen LogP contribution >= 0.6 is 0 Å². The number of hydrogen-bond acceptors (Lipinski definition) is 3. The molecule has 0 amide bonds. The maximum atomic E-state index is 2.44. The fourth-order valence-electron chi connectivity index (χ4n) is 11.7. The zero-order valence-corrected chi connectivity index (χ0v) is 44.2.